The normalized spacial score (nSPS) is 11.1. The van der Waals surface area contributed by atoms with Crippen molar-refractivity contribution in [3.05, 3.63) is 0 Å². The minimum Gasteiger partial charge on any atom is -0.450 e. The Balaban J connectivity index is 3.04. The average molecular weight is 571 g/mol. The fraction of sp³-hybridized carbons (Fsp3) is 0.941. The van der Waals surface area contributed by atoms with E-state index in [4.69, 9.17) is 10.2 Å². The van der Waals surface area contributed by atoms with Gasteiger partial charge in [0.15, 0.2) is 0 Å². The molecule has 0 aliphatic heterocycles. The molecule has 0 atom stereocenters. The molecule has 0 rings (SSSR count). The summed E-state index contributed by atoms with van der Waals surface area (Å²) in [6.07, 6.45) is 37.3. The lowest BCUT2D eigenvalue weighted by Gasteiger charge is -2.05. The first-order valence-electron chi connectivity index (χ1n) is 17.3. The summed E-state index contributed by atoms with van der Waals surface area (Å²) in [5.41, 5.74) is 0. The van der Waals surface area contributed by atoms with Crippen LogP contribution >= 0.6 is 0 Å². The second kappa shape index (κ2) is 33.7. The Morgan fingerprint density at radius 3 is 0.525 bits per heavy atom. The second-order valence-electron chi connectivity index (χ2n) is 11.8. The van der Waals surface area contributed by atoms with Crippen LogP contribution in [-0.4, -0.2) is 35.7 Å². The molecule has 0 spiro atoms. The van der Waals surface area contributed by atoms with Gasteiger partial charge in [-0.2, -0.15) is 0 Å². The first-order valence-corrected chi connectivity index (χ1v) is 17.3. The summed E-state index contributed by atoms with van der Waals surface area (Å²) < 4.78 is 9.04. The molecule has 6 heteroatoms. The lowest BCUT2D eigenvalue weighted by atomic mass is 10.0. The van der Waals surface area contributed by atoms with Crippen molar-refractivity contribution in [1.29, 1.82) is 0 Å². The highest BCUT2D eigenvalue weighted by molar-refractivity contribution is 5.56. The summed E-state index contributed by atoms with van der Waals surface area (Å²) in [6.45, 7) is 0.693. The maximum atomic E-state index is 10.2. The van der Waals surface area contributed by atoms with Gasteiger partial charge in [-0.05, 0) is 12.8 Å². The fourth-order valence-corrected chi connectivity index (χ4v) is 5.47. The lowest BCUT2D eigenvalue weighted by Crippen LogP contribution is -2.01. The highest BCUT2D eigenvalue weighted by Gasteiger charge is 1.99. The Morgan fingerprint density at radius 2 is 0.400 bits per heavy atom. The molecule has 0 saturated heterocycles. The molecule has 0 heterocycles. The Labute approximate surface area is 247 Å². The van der Waals surface area contributed by atoms with E-state index in [-0.39, 0.29) is 0 Å². The van der Waals surface area contributed by atoms with Crippen molar-refractivity contribution in [3.63, 3.8) is 0 Å². The summed E-state index contributed by atoms with van der Waals surface area (Å²) >= 11 is 0. The summed E-state index contributed by atoms with van der Waals surface area (Å²) in [6, 6.07) is 0. The number of hydrogen-bond donors (Lipinski definition) is 2. The van der Waals surface area contributed by atoms with Crippen molar-refractivity contribution < 1.29 is 29.3 Å². The SMILES string of the molecule is O=C(O)OCCCCCCCCCCCCCCCCCCCCCCCCCCCCCCCCOC(=O)O. The highest BCUT2D eigenvalue weighted by atomic mass is 16.7. The van der Waals surface area contributed by atoms with Crippen molar-refractivity contribution in [2.75, 3.05) is 13.2 Å². The van der Waals surface area contributed by atoms with E-state index in [0.717, 1.165) is 25.7 Å². The predicted octanol–water partition coefficient (Wildman–Crippen LogP) is 12.1. The van der Waals surface area contributed by atoms with Gasteiger partial charge in [0.2, 0.25) is 0 Å². The minimum absolute atomic E-state index is 0.346. The molecule has 0 saturated carbocycles. The smallest absolute Gasteiger partial charge is 0.450 e. The van der Waals surface area contributed by atoms with E-state index >= 15 is 0 Å². The quantitative estimate of drug-likeness (QED) is 0.0602. The number of ether oxygens (including phenoxy) is 2. The Morgan fingerprint density at radius 1 is 0.275 bits per heavy atom. The van der Waals surface area contributed by atoms with Crippen LogP contribution in [0.5, 0.6) is 0 Å². The molecule has 2 N–H and O–H groups in total. The molecular weight excluding hydrogens is 504 g/mol. The number of carbonyl (C=O) groups is 2. The van der Waals surface area contributed by atoms with Gasteiger partial charge in [-0.3, -0.25) is 0 Å². The molecule has 0 aromatic rings. The first-order chi connectivity index (χ1) is 19.6. The summed E-state index contributed by atoms with van der Waals surface area (Å²) in [7, 11) is 0. The van der Waals surface area contributed by atoms with Crippen LogP contribution < -0.4 is 0 Å². The zero-order valence-corrected chi connectivity index (χ0v) is 26.2. The third-order valence-corrected chi connectivity index (χ3v) is 7.99. The number of carboxylic acid groups (broad SMARTS) is 2. The minimum atomic E-state index is -1.16. The second-order valence-corrected chi connectivity index (χ2v) is 11.8. The third kappa shape index (κ3) is 36.5. The standard InChI is InChI=1S/C34H66O6/c35-33(36)39-31-29-27-25-23-21-19-17-15-13-11-9-7-5-3-1-2-4-6-8-10-12-14-16-18-20-22-24-26-28-30-32-40-34(37)38/h1-32H2,(H,35,36)(H,37,38). The number of unbranched alkanes of at least 4 members (excludes halogenated alkanes) is 29. The van der Waals surface area contributed by atoms with Gasteiger partial charge in [0, 0.05) is 0 Å². The van der Waals surface area contributed by atoms with E-state index in [1.54, 1.807) is 0 Å². The van der Waals surface area contributed by atoms with E-state index in [2.05, 4.69) is 9.47 Å². The molecule has 0 aliphatic rings. The summed E-state index contributed by atoms with van der Waals surface area (Å²) in [5.74, 6) is 0. The zero-order chi connectivity index (χ0) is 29.2. The van der Waals surface area contributed by atoms with Crippen molar-refractivity contribution in [2.45, 2.75) is 193 Å². The number of rotatable bonds is 33. The van der Waals surface area contributed by atoms with Crippen LogP contribution in [-0.2, 0) is 9.47 Å². The molecule has 0 aromatic heterocycles. The van der Waals surface area contributed by atoms with E-state index in [1.807, 2.05) is 0 Å². The third-order valence-electron chi connectivity index (χ3n) is 7.99. The van der Waals surface area contributed by atoms with Crippen LogP contribution in [0, 0.1) is 0 Å². The Bertz CT molecular complexity index is 479. The Hall–Kier alpha value is -1.46. The predicted molar refractivity (Wildman–Crippen MR) is 166 cm³/mol. The summed E-state index contributed by atoms with van der Waals surface area (Å²) in [4.78, 5) is 20.5. The molecule has 0 bridgehead atoms. The van der Waals surface area contributed by atoms with Crippen LogP contribution in [0.25, 0.3) is 0 Å². The van der Waals surface area contributed by atoms with E-state index in [1.165, 1.54) is 167 Å². The van der Waals surface area contributed by atoms with Crippen LogP contribution in [0.1, 0.15) is 193 Å². The van der Waals surface area contributed by atoms with Gasteiger partial charge in [-0.1, -0.05) is 180 Å². The Kier molecular flexibility index (Phi) is 32.5. The van der Waals surface area contributed by atoms with Crippen LogP contribution in [0.3, 0.4) is 0 Å². The monoisotopic (exact) mass is 570 g/mol. The van der Waals surface area contributed by atoms with Gasteiger partial charge in [-0.15, -0.1) is 0 Å². The fourth-order valence-electron chi connectivity index (χ4n) is 5.47. The van der Waals surface area contributed by atoms with Gasteiger partial charge < -0.3 is 19.7 Å². The van der Waals surface area contributed by atoms with E-state index in [9.17, 15) is 9.59 Å². The van der Waals surface area contributed by atoms with Crippen LogP contribution in [0.15, 0.2) is 0 Å². The topological polar surface area (TPSA) is 93.1 Å². The highest BCUT2D eigenvalue weighted by Crippen LogP contribution is 2.16. The molecule has 0 aliphatic carbocycles. The van der Waals surface area contributed by atoms with E-state index in [0.29, 0.717) is 13.2 Å². The molecule has 0 radical (unpaired) electrons. The number of hydrogen-bond acceptors (Lipinski definition) is 4. The molecule has 6 nitrogen and oxygen atoms in total. The van der Waals surface area contributed by atoms with Gasteiger partial charge in [0.05, 0.1) is 13.2 Å². The molecule has 0 aromatic carbocycles. The molecule has 40 heavy (non-hydrogen) atoms. The van der Waals surface area contributed by atoms with E-state index < -0.39 is 12.3 Å². The van der Waals surface area contributed by atoms with Gasteiger partial charge in [-0.25, -0.2) is 9.59 Å². The van der Waals surface area contributed by atoms with Crippen molar-refractivity contribution in [2.24, 2.45) is 0 Å². The van der Waals surface area contributed by atoms with Crippen LogP contribution in [0.4, 0.5) is 9.59 Å². The molecular formula is C34H66O6. The molecule has 0 unspecified atom stereocenters. The maximum Gasteiger partial charge on any atom is 0.505 e. The first kappa shape index (κ1) is 38.5. The maximum absolute atomic E-state index is 10.2. The lowest BCUT2D eigenvalue weighted by molar-refractivity contribution is 0.0887. The van der Waals surface area contributed by atoms with Gasteiger partial charge in [0.25, 0.3) is 0 Å². The van der Waals surface area contributed by atoms with Gasteiger partial charge >= 0.3 is 12.3 Å². The molecule has 0 amide bonds. The van der Waals surface area contributed by atoms with Crippen molar-refractivity contribution >= 4 is 12.3 Å². The summed E-state index contributed by atoms with van der Waals surface area (Å²) in [5, 5.41) is 16.8. The van der Waals surface area contributed by atoms with Gasteiger partial charge in [0.1, 0.15) is 0 Å². The van der Waals surface area contributed by atoms with Crippen molar-refractivity contribution in [1.82, 2.24) is 0 Å². The largest absolute Gasteiger partial charge is 0.505 e. The molecule has 0 fully saturated rings. The van der Waals surface area contributed by atoms with Crippen LogP contribution in [0.2, 0.25) is 0 Å². The van der Waals surface area contributed by atoms with Crippen molar-refractivity contribution in [3.8, 4) is 0 Å². The average Bonchev–Trinajstić information content (AvgIpc) is 2.93. The zero-order valence-electron chi connectivity index (χ0n) is 26.2. The molecule has 238 valence electrons.